The highest BCUT2D eigenvalue weighted by Crippen LogP contribution is 2.26. The number of hydrogen-bond donors (Lipinski definition) is 2. The summed E-state index contributed by atoms with van der Waals surface area (Å²) in [5.41, 5.74) is -0.132. The van der Waals surface area contributed by atoms with Crippen LogP contribution in [0.1, 0.15) is 20.8 Å². The van der Waals surface area contributed by atoms with Crippen molar-refractivity contribution in [2.45, 2.75) is 26.3 Å². The highest BCUT2D eigenvalue weighted by Gasteiger charge is 2.38. The highest BCUT2D eigenvalue weighted by molar-refractivity contribution is 5.75. The molecule has 2 amide bonds. The van der Waals surface area contributed by atoms with E-state index in [2.05, 4.69) is 10.6 Å². The van der Waals surface area contributed by atoms with Gasteiger partial charge in [0.05, 0.1) is 0 Å². The maximum Gasteiger partial charge on any atom is 0.317 e. The molecule has 0 aromatic heterocycles. The third kappa shape index (κ3) is 2.43. The van der Waals surface area contributed by atoms with Crippen molar-refractivity contribution in [1.82, 2.24) is 15.5 Å². The van der Waals surface area contributed by atoms with E-state index in [1.54, 1.807) is 0 Å². The summed E-state index contributed by atoms with van der Waals surface area (Å²) in [5, 5.41) is 6.39. The molecular weight excluding hydrogens is 190 g/mol. The zero-order chi connectivity index (χ0) is 11.1. The van der Waals surface area contributed by atoms with Crippen LogP contribution in [0.5, 0.6) is 0 Å². The molecule has 2 saturated heterocycles. The first-order valence-corrected chi connectivity index (χ1v) is 5.73. The van der Waals surface area contributed by atoms with E-state index in [-0.39, 0.29) is 11.6 Å². The van der Waals surface area contributed by atoms with E-state index in [0.717, 1.165) is 26.2 Å². The Bertz CT molecular complexity index is 247. The minimum atomic E-state index is -0.132. The molecule has 0 radical (unpaired) electrons. The van der Waals surface area contributed by atoms with Gasteiger partial charge in [-0.2, -0.15) is 0 Å². The molecule has 0 aromatic rings. The number of carbonyl (C=O) groups is 1. The van der Waals surface area contributed by atoms with E-state index >= 15 is 0 Å². The van der Waals surface area contributed by atoms with Gasteiger partial charge in [0.1, 0.15) is 0 Å². The fourth-order valence-electron chi connectivity index (χ4n) is 2.42. The Hall–Kier alpha value is -0.770. The van der Waals surface area contributed by atoms with Gasteiger partial charge in [-0.3, -0.25) is 0 Å². The van der Waals surface area contributed by atoms with Crippen LogP contribution >= 0.6 is 0 Å². The second-order valence-electron chi connectivity index (χ2n) is 5.76. The maximum absolute atomic E-state index is 11.9. The van der Waals surface area contributed by atoms with Crippen LogP contribution in [-0.2, 0) is 0 Å². The standard InChI is InChI=1S/C11H21N3O/c1-11(2,3)13-10(15)14-6-8-4-12-5-9(8)7-14/h8-9,12H,4-7H2,1-3H3,(H,13,15). The first kappa shape index (κ1) is 10.7. The van der Waals surface area contributed by atoms with E-state index < -0.39 is 0 Å². The van der Waals surface area contributed by atoms with Gasteiger partial charge < -0.3 is 15.5 Å². The molecule has 2 aliphatic rings. The number of urea groups is 1. The topological polar surface area (TPSA) is 44.4 Å². The first-order valence-electron chi connectivity index (χ1n) is 5.73. The van der Waals surface area contributed by atoms with E-state index in [9.17, 15) is 4.79 Å². The summed E-state index contributed by atoms with van der Waals surface area (Å²) in [4.78, 5) is 13.8. The van der Waals surface area contributed by atoms with Gasteiger partial charge in [0.25, 0.3) is 0 Å². The molecule has 2 aliphatic heterocycles. The molecule has 0 aliphatic carbocycles. The molecule has 2 atom stereocenters. The summed E-state index contributed by atoms with van der Waals surface area (Å²) in [7, 11) is 0. The summed E-state index contributed by atoms with van der Waals surface area (Å²) < 4.78 is 0. The van der Waals surface area contributed by atoms with Crippen molar-refractivity contribution in [2.24, 2.45) is 11.8 Å². The number of carbonyl (C=O) groups excluding carboxylic acids is 1. The molecule has 0 bridgehead atoms. The smallest absolute Gasteiger partial charge is 0.317 e. The van der Waals surface area contributed by atoms with Crippen LogP contribution in [-0.4, -0.2) is 42.6 Å². The molecule has 2 fully saturated rings. The number of fused-ring (bicyclic) bond motifs is 1. The number of nitrogens with zero attached hydrogens (tertiary/aromatic N) is 1. The van der Waals surface area contributed by atoms with Crippen LogP contribution in [0.4, 0.5) is 4.79 Å². The van der Waals surface area contributed by atoms with Crippen molar-refractivity contribution in [3.8, 4) is 0 Å². The largest absolute Gasteiger partial charge is 0.333 e. The molecule has 2 heterocycles. The molecule has 0 aromatic carbocycles. The summed E-state index contributed by atoms with van der Waals surface area (Å²) in [5.74, 6) is 1.35. The summed E-state index contributed by atoms with van der Waals surface area (Å²) in [6, 6.07) is 0.0944. The average Bonchev–Trinajstić information content (AvgIpc) is 2.56. The Labute approximate surface area is 91.4 Å². The Balaban J connectivity index is 1.88. The Kier molecular flexibility index (Phi) is 2.63. The van der Waals surface area contributed by atoms with Gasteiger partial charge in [0.15, 0.2) is 0 Å². The zero-order valence-electron chi connectivity index (χ0n) is 9.84. The van der Waals surface area contributed by atoms with E-state index in [4.69, 9.17) is 0 Å². The SMILES string of the molecule is CC(C)(C)NC(=O)N1CC2CNCC2C1. The molecule has 2 unspecified atom stereocenters. The lowest BCUT2D eigenvalue weighted by molar-refractivity contribution is 0.196. The van der Waals surface area contributed by atoms with Gasteiger partial charge in [-0.15, -0.1) is 0 Å². The van der Waals surface area contributed by atoms with Crippen molar-refractivity contribution in [3.63, 3.8) is 0 Å². The molecule has 4 heteroatoms. The number of nitrogens with one attached hydrogen (secondary N) is 2. The molecule has 4 nitrogen and oxygen atoms in total. The van der Waals surface area contributed by atoms with Crippen molar-refractivity contribution in [1.29, 1.82) is 0 Å². The van der Waals surface area contributed by atoms with Crippen LogP contribution in [0.25, 0.3) is 0 Å². The maximum atomic E-state index is 11.9. The lowest BCUT2D eigenvalue weighted by atomic mass is 10.0. The van der Waals surface area contributed by atoms with Gasteiger partial charge >= 0.3 is 6.03 Å². The fraction of sp³-hybridized carbons (Fsp3) is 0.909. The third-order valence-electron chi connectivity index (χ3n) is 3.16. The minimum Gasteiger partial charge on any atom is -0.333 e. The molecule has 2 rings (SSSR count). The van der Waals surface area contributed by atoms with E-state index in [0.29, 0.717) is 11.8 Å². The zero-order valence-corrected chi connectivity index (χ0v) is 9.84. The lowest BCUT2D eigenvalue weighted by Gasteiger charge is -2.26. The number of hydrogen-bond acceptors (Lipinski definition) is 2. The number of rotatable bonds is 0. The summed E-state index contributed by atoms with van der Waals surface area (Å²) >= 11 is 0. The molecule has 86 valence electrons. The Morgan fingerprint density at radius 1 is 1.27 bits per heavy atom. The summed E-state index contributed by atoms with van der Waals surface area (Å²) in [6.45, 7) is 10.0. The van der Waals surface area contributed by atoms with Crippen LogP contribution in [0, 0.1) is 11.8 Å². The molecule has 0 saturated carbocycles. The Morgan fingerprint density at radius 3 is 2.27 bits per heavy atom. The van der Waals surface area contributed by atoms with Gasteiger partial charge in [0.2, 0.25) is 0 Å². The van der Waals surface area contributed by atoms with Crippen molar-refractivity contribution in [3.05, 3.63) is 0 Å². The molecular formula is C11H21N3O. The molecule has 0 spiro atoms. The average molecular weight is 211 g/mol. The van der Waals surface area contributed by atoms with Gasteiger partial charge in [-0.25, -0.2) is 4.79 Å². The van der Waals surface area contributed by atoms with Crippen LogP contribution in [0.15, 0.2) is 0 Å². The van der Waals surface area contributed by atoms with Crippen LogP contribution in [0.2, 0.25) is 0 Å². The second-order valence-corrected chi connectivity index (χ2v) is 5.76. The lowest BCUT2D eigenvalue weighted by Crippen LogP contribution is -2.48. The first-order chi connectivity index (χ1) is 6.96. The van der Waals surface area contributed by atoms with E-state index in [1.165, 1.54) is 0 Å². The Morgan fingerprint density at radius 2 is 1.80 bits per heavy atom. The predicted molar refractivity (Wildman–Crippen MR) is 59.7 cm³/mol. The normalized spacial score (nSPS) is 30.5. The quantitative estimate of drug-likeness (QED) is 0.618. The van der Waals surface area contributed by atoms with Gasteiger partial charge in [-0.1, -0.05) is 0 Å². The van der Waals surface area contributed by atoms with E-state index in [1.807, 2.05) is 25.7 Å². The van der Waals surface area contributed by atoms with Crippen molar-refractivity contribution >= 4 is 6.03 Å². The third-order valence-corrected chi connectivity index (χ3v) is 3.16. The predicted octanol–water partition coefficient (Wildman–Crippen LogP) is 0.646. The van der Waals surface area contributed by atoms with Crippen LogP contribution in [0.3, 0.4) is 0 Å². The highest BCUT2D eigenvalue weighted by atomic mass is 16.2. The molecule has 2 N–H and O–H groups in total. The minimum absolute atomic E-state index is 0.0944. The fourth-order valence-corrected chi connectivity index (χ4v) is 2.42. The van der Waals surface area contributed by atoms with Crippen molar-refractivity contribution in [2.75, 3.05) is 26.2 Å². The van der Waals surface area contributed by atoms with Gasteiger partial charge in [0, 0.05) is 31.7 Å². The van der Waals surface area contributed by atoms with Crippen molar-refractivity contribution < 1.29 is 4.79 Å². The number of amides is 2. The molecule has 15 heavy (non-hydrogen) atoms. The van der Waals surface area contributed by atoms with Gasteiger partial charge in [-0.05, 0) is 32.6 Å². The number of likely N-dealkylation sites (tertiary alicyclic amines) is 1. The monoisotopic (exact) mass is 211 g/mol. The second kappa shape index (κ2) is 3.67. The summed E-state index contributed by atoms with van der Waals surface area (Å²) in [6.07, 6.45) is 0. The van der Waals surface area contributed by atoms with Crippen LogP contribution < -0.4 is 10.6 Å².